The van der Waals surface area contributed by atoms with Crippen LogP contribution in [0.2, 0.25) is 0 Å². The zero-order chi connectivity index (χ0) is 15.6. The van der Waals surface area contributed by atoms with Gasteiger partial charge in [0.1, 0.15) is 5.69 Å². The summed E-state index contributed by atoms with van der Waals surface area (Å²) in [5.41, 5.74) is -0.695. The van der Waals surface area contributed by atoms with Crippen LogP contribution in [-0.2, 0) is 6.18 Å². The molecule has 112 valence electrons. The lowest BCUT2D eigenvalue weighted by molar-refractivity contribution is -0.138. The second kappa shape index (κ2) is 5.52. The predicted octanol–water partition coefficient (Wildman–Crippen LogP) is 1.51. The summed E-state index contributed by atoms with van der Waals surface area (Å²) in [5, 5.41) is 6.72. The second-order valence-corrected chi connectivity index (χ2v) is 4.62. The fourth-order valence-corrected chi connectivity index (χ4v) is 1.91. The summed E-state index contributed by atoms with van der Waals surface area (Å²) in [5.74, 6) is -0.818. The summed E-state index contributed by atoms with van der Waals surface area (Å²) in [7, 11) is 1.28. The normalized spacial score (nSPS) is 11.2. The predicted molar refractivity (Wildman–Crippen MR) is 66.5 cm³/mol. The molecule has 1 amide bonds. The number of rotatable bonds is 3. The summed E-state index contributed by atoms with van der Waals surface area (Å²) >= 11 is 0.179. The molecule has 2 aromatic rings. The molecule has 2 heterocycles. The molecule has 0 atom stereocenters. The molecule has 0 fully saturated rings. The van der Waals surface area contributed by atoms with Crippen LogP contribution < -0.4 is 15.5 Å². The van der Waals surface area contributed by atoms with Gasteiger partial charge in [0.15, 0.2) is 5.75 Å². The zero-order valence-corrected chi connectivity index (χ0v) is 11.1. The van der Waals surface area contributed by atoms with Crippen molar-refractivity contribution in [3.05, 3.63) is 33.2 Å². The van der Waals surface area contributed by atoms with E-state index in [0.717, 1.165) is 6.07 Å². The molecule has 0 aromatic carbocycles. The van der Waals surface area contributed by atoms with Gasteiger partial charge in [-0.2, -0.15) is 13.2 Å². The van der Waals surface area contributed by atoms with Gasteiger partial charge in [-0.1, -0.05) is 11.3 Å². The standard InChI is InChI=1S/C10H7F3N4O3S/c1-20-6-3-14-4(2-5(6)18)7(19)15-9-17-16-8(21-9)10(11,12)13/h2-3H,1H3,(H,14,18)(H,15,17,19). The van der Waals surface area contributed by atoms with Gasteiger partial charge in [0.25, 0.3) is 5.91 Å². The Morgan fingerprint density at radius 1 is 1.43 bits per heavy atom. The monoisotopic (exact) mass is 320 g/mol. The SMILES string of the molecule is COc1c[nH]c(C(=O)Nc2nnc(C(F)(F)F)s2)cc1=O. The fraction of sp³-hybridized carbons (Fsp3) is 0.200. The lowest BCUT2D eigenvalue weighted by atomic mass is 10.3. The van der Waals surface area contributed by atoms with Crippen molar-refractivity contribution in [1.82, 2.24) is 15.2 Å². The maximum Gasteiger partial charge on any atom is 0.445 e. The van der Waals surface area contributed by atoms with Crippen LogP contribution >= 0.6 is 11.3 Å². The molecular formula is C10H7F3N4O3S. The van der Waals surface area contributed by atoms with Gasteiger partial charge in [0.05, 0.1) is 7.11 Å². The average Bonchev–Trinajstić information content (AvgIpc) is 2.87. The number of nitrogens with zero attached hydrogens (tertiary/aromatic N) is 2. The van der Waals surface area contributed by atoms with E-state index in [-0.39, 0.29) is 27.9 Å². The molecule has 0 spiro atoms. The molecule has 0 aliphatic carbocycles. The number of halogens is 3. The van der Waals surface area contributed by atoms with E-state index >= 15 is 0 Å². The third kappa shape index (κ3) is 3.37. The molecule has 0 radical (unpaired) electrons. The number of methoxy groups -OCH3 is 1. The highest BCUT2D eigenvalue weighted by molar-refractivity contribution is 7.15. The summed E-state index contributed by atoms with van der Waals surface area (Å²) in [6.07, 6.45) is -3.46. The van der Waals surface area contributed by atoms with Crippen molar-refractivity contribution in [1.29, 1.82) is 0 Å². The Kier molecular flexibility index (Phi) is 3.93. The van der Waals surface area contributed by atoms with Crippen LogP contribution in [0.4, 0.5) is 18.3 Å². The molecular weight excluding hydrogens is 313 g/mol. The van der Waals surface area contributed by atoms with Crippen LogP contribution in [0.15, 0.2) is 17.1 Å². The maximum absolute atomic E-state index is 12.3. The van der Waals surface area contributed by atoms with E-state index in [9.17, 15) is 22.8 Å². The van der Waals surface area contributed by atoms with Gasteiger partial charge in [0.2, 0.25) is 15.6 Å². The Morgan fingerprint density at radius 3 is 2.67 bits per heavy atom. The zero-order valence-electron chi connectivity index (χ0n) is 10.3. The Bertz CT molecular complexity index is 725. The Morgan fingerprint density at radius 2 is 2.14 bits per heavy atom. The van der Waals surface area contributed by atoms with Crippen molar-refractivity contribution in [3.8, 4) is 5.75 Å². The number of H-pyrrole nitrogens is 1. The Hall–Kier alpha value is -2.43. The highest BCUT2D eigenvalue weighted by atomic mass is 32.1. The second-order valence-electron chi connectivity index (χ2n) is 3.64. The highest BCUT2D eigenvalue weighted by Gasteiger charge is 2.35. The van der Waals surface area contributed by atoms with E-state index in [1.165, 1.54) is 13.3 Å². The first kappa shape index (κ1) is 15.0. The minimum atomic E-state index is -4.63. The molecule has 0 bridgehead atoms. The summed E-state index contributed by atoms with van der Waals surface area (Å²) in [6.45, 7) is 0. The number of carbonyl (C=O) groups excluding carboxylic acids is 1. The van der Waals surface area contributed by atoms with Crippen LogP contribution in [0, 0.1) is 0 Å². The minimum absolute atomic E-state index is 0.00169. The van der Waals surface area contributed by atoms with Gasteiger partial charge >= 0.3 is 6.18 Å². The van der Waals surface area contributed by atoms with Crippen LogP contribution in [0.25, 0.3) is 0 Å². The smallest absolute Gasteiger partial charge is 0.445 e. The number of alkyl halides is 3. The largest absolute Gasteiger partial charge is 0.491 e. The van der Waals surface area contributed by atoms with Crippen LogP contribution in [-0.4, -0.2) is 28.2 Å². The van der Waals surface area contributed by atoms with Gasteiger partial charge in [-0.3, -0.25) is 14.9 Å². The van der Waals surface area contributed by atoms with E-state index in [1.807, 2.05) is 0 Å². The van der Waals surface area contributed by atoms with Crippen LogP contribution in [0.1, 0.15) is 15.5 Å². The molecule has 0 aliphatic heterocycles. The van der Waals surface area contributed by atoms with E-state index < -0.39 is 22.5 Å². The van der Waals surface area contributed by atoms with Crippen molar-refractivity contribution in [2.24, 2.45) is 0 Å². The molecule has 0 unspecified atom stereocenters. The van der Waals surface area contributed by atoms with Gasteiger partial charge < -0.3 is 9.72 Å². The summed E-state index contributed by atoms with van der Waals surface area (Å²) in [4.78, 5) is 25.7. The number of carbonyl (C=O) groups is 1. The first-order valence-corrected chi connectivity index (χ1v) is 6.11. The number of anilines is 1. The van der Waals surface area contributed by atoms with Gasteiger partial charge in [-0.15, -0.1) is 10.2 Å². The topological polar surface area (TPSA) is 97.0 Å². The first-order chi connectivity index (χ1) is 9.81. The lowest BCUT2D eigenvalue weighted by Crippen LogP contribution is -2.17. The van der Waals surface area contributed by atoms with Gasteiger partial charge in [-0.25, -0.2) is 0 Å². The number of aromatic nitrogens is 3. The Balaban J connectivity index is 2.16. The average molecular weight is 320 g/mol. The summed E-state index contributed by atoms with van der Waals surface area (Å²) < 4.78 is 41.7. The number of ether oxygens (including phenoxy) is 1. The van der Waals surface area contributed by atoms with Crippen molar-refractivity contribution in [3.63, 3.8) is 0 Å². The molecule has 7 nitrogen and oxygen atoms in total. The summed E-state index contributed by atoms with van der Waals surface area (Å²) in [6, 6.07) is 0.958. The lowest BCUT2D eigenvalue weighted by Gasteiger charge is -2.02. The number of amides is 1. The van der Waals surface area contributed by atoms with Crippen molar-refractivity contribution in [2.75, 3.05) is 12.4 Å². The molecule has 2 N–H and O–H groups in total. The van der Waals surface area contributed by atoms with E-state index in [2.05, 4.69) is 20.5 Å². The third-order valence-electron chi connectivity index (χ3n) is 2.23. The highest BCUT2D eigenvalue weighted by Crippen LogP contribution is 2.33. The molecule has 11 heteroatoms. The molecule has 0 saturated carbocycles. The van der Waals surface area contributed by atoms with E-state index in [0.29, 0.717) is 0 Å². The number of pyridine rings is 1. The van der Waals surface area contributed by atoms with E-state index in [4.69, 9.17) is 4.74 Å². The van der Waals surface area contributed by atoms with Gasteiger partial charge in [-0.05, 0) is 0 Å². The number of hydrogen-bond acceptors (Lipinski definition) is 6. The van der Waals surface area contributed by atoms with Crippen molar-refractivity contribution >= 4 is 22.4 Å². The molecule has 2 rings (SSSR count). The fourth-order valence-electron chi connectivity index (χ4n) is 1.30. The third-order valence-corrected chi connectivity index (χ3v) is 3.11. The quantitative estimate of drug-likeness (QED) is 0.893. The van der Waals surface area contributed by atoms with Crippen molar-refractivity contribution in [2.45, 2.75) is 6.18 Å². The first-order valence-electron chi connectivity index (χ1n) is 5.30. The van der Waals surface area contributed by atoms with Crippen molar-refractivity contribution < 1.29 is 22.7 Å². The van der Waals surface area contributed by atoms with Gasteiger partial charge in [0, 0.05) is 12.3 Å². The number of hydrogen-bond donors (Lipinski definition) is 2. The van der Waals surface area contributed by atoms with Crippen LogP contribution in [0.3, 0.4) is 0 Å². The Labute approximate surface area is 118 Å². The minimum Gasteiger partial charge on any atom is -0.491 e. The molecule has 0 saturated heterocycles. The van der Waals surface area contributed by atoms with E-state index in [1.54, 1.807) is 0 Å². The van der Waals surface area contributed by atoms with Crippen LogP contribution in [0.5, 0.6) is 5.75 Å². The molecule has 2 aromatic heterocycles. The number of nitrogens with one attached hydrogen (secondary N) is 2. The maximum atomic E-state index is 12.3. The number of aromatic amines is 1. The molecule has 0 aliphatic rings. The molecule has 21 heavy (non-hydrogen) atoms.